The molecule has 118 valence electrons. The summed E-state index contributed by atoms with van der Waals surface area (Å²) in [7, 11) is 0. The third-order valence-electron chi connectivity index (χ3n) is 4.21. The number of carbonyl (C=O) groups excluding carboxylic acids is 1. The van der Waals surface area contributed by atoms with E-state index in [0.29, 0.717) is 6.42 Å². The van der Waals surface area contributed by atoms with Gasteiger partial charge in [-0.25, -0.2) is 0 Å². The molecule has 1 unspecified atom stereocenters. The Hall–Kier alpha value is -2.85. The quantitative estimate of drug-likeness (QED) is 0.603. The first-order valence-corrected chi connectivity index (χ1v) is 8.22. The second-order valence-corrected chi connectivity index (χ2v) is 6.22. The van der Waals surface area contributed by atoms with Crippen LogP contribution in [-0.4, -0.2) is 5.78 Å². The highest BCUT2D eigenvalue weighted by Gasteiger charge is 2.12. The molecule has 0 amide bonds. The van der Waals surface area contributed by atoms with E-state index in [9.17, 15) is 4.79 Å². The highest BCUT2D eigenvalue weighted by Crippen LogP contribution is 2.27. The van der Waals surface area contributed by atoms with E-state index in [2.05, 4.69) is 49.1 Å². The van der Waals surface area contributed by atoms with Crippen molar-refractivity contribution in [1.29, 1.82) is 0 Å². The lowest BCUT2D eigenvalue weighted by atomic mass is 9.91. The molecule has 1 heteroatoms. The lowest BCUT2D eigenvalue weighted by Crippen LogP contribution is -2.03. The molecule has 0 spiro atoms. The first kappa shape index (κ1) is 16.0. The van der Waals surface area contributed by atoms with Gasteiger partial charge in [-0.2, -0.15) is 0 Å². The molecular formula is C23H20O. The van der Waals surface area contributed by atoms with Gasteiger partial charge in [-0.3, -0.25) is 4.79 Å². The van der Waals surface area contributed by atoms with Gasteiger partial charge >= 0.3 is 0 Å². The van der Waals surface area contributed by atoms with Crippen LogP contribution in [0.25, 0.3) is 10.8 Å². The summed E-state index contributed by atoms with van der Waals surface area (Å²) in [5, 5.41) is 2.42. The van der Waals surface area contributed by atoms with Crippen molar-refractivity contribution in [3.8, 4) is 11.8 Å². The van der Waals surface area contributed by atoms with Gasteiger partial charge in [-0.05, 0) is 52.8 Å². The molecule has 0 aliphatic rings. The van der Waals surface area contributed by atoms with Crippen LogP contribution in [0.3, 0.4) is 0 Å². The van der Waals surface area contributed by atoms with Gasteiger partial charge in [0.1, 0.15) is 0 Å². The van der Waals surface area contributed by atoms with E-state index in [1.807, 2.05) is 43.3 Å². The van der Waals surface area contributed by atoms with Crippen molar-refractivity contribution < 1.29 is 4.79 Å². The molecule has 0 bridgehead atoms. The fourth-order valence-electron chi connectivity index (χ4n) is 2.98. The van der Waals surface area contributed by atoms with E-state index in [1.165, 1.54) is 16.3 Å². The summed E-state index contributed by atoms with van der Waals surface area (Å²) in [6.45, 7) is 4.11. The van der Waals surface area contributed by atoms with E-state index in [-0.39, 0.29) is 11.7 Å². The Labute approximate surface area is 143 Å². The van der Waals surface area contributed by atoms with Crippen molar-refractivity contribution in [2.45, 2.75) is 26.2 Å². The molecule has 3 aromatic carbocycles. The number of Topliss-reactive ketones (excluding diaryl/α,β-unsaturated/α-hetero) is 1. The van der Waals surface area contributed by atoms with E-state index < -0.39 is 0 Å². The summed E-state index contributed by atoms with van der Waals surface area (Å²) in [6, 6.07) is 22.5. The molecule has 24 heavy (non-hydrogen) atoms. The molecule has 0 radical (unpaired) electrons. The summed E-state index contributed by atoms with van der Waals surface area (Å²) >= 11 is 0. The average Bonchev–Trinajstić information content (AvgIpc) is 2.59. The average molecular weight is 312 g/mol. The van der Waals surface area contributed by atoms with Crippen molar-refractivity contribution in [2.24, 2.45) is 0 Å². The normalized spacial score (nSPS) is 11.6. The van der Waals surface area contributed by atoms with Gasteiger partial charge in [-0.1, -0.05) is 67.4 Å². The Morgan fingerprint density at radius 3 is 2.58 bits per heavy atom. The van der Waals surface area contributed by atoms with Crippen LogP contribution in [0, 0.1) is 18.8 Å². The Balaban J connectivity index is 1.77. The predicted molar refractivity (Wildman–Crippen MR) is 100 cm³/mol. The Kier molecular flexibility index (Phi) is 4.77. The molecule has 0 saturated heterocycles. The van der Waals surface area contributed by atoms with Crippen LogP contribution in [0.1, 0.15) is 36.0 Å². The minimum absolute atomic E-state index is 0.0167. The van der Waals surface area contributed by atoms with Crippen LogP contribution in [0.4, 0.5) is 0 Å². The summed E-state index contributed by atoms with van der Waals surface area (Å²) < 4.78 is 0. The zero-order valence-electron chi connectivity index (χ0n) is 14.0. The van der Waals surface area contributed by atoms with Crippen LogP contribution in [0.15, 0.2) is 66.7 Å². The van der Waals surface area contributed by atoms with E-state index in [0.717, 1.165) is 11.1 Å². The second-order valence-electron chi connectivity index (χ2n) is 6.22. The van der Waals surface area contributed by atoms with Crippen LogP contribution in [0.2, 0.25) is 0 Å². The smallest absolute Gasteiger partial charge is 0.206 e. The molecule has 0 heterocycles. The molecule has 0 saturated carbocycles. The number of carbonyl (C=O) groups is 1. The summed E-state index contributed by atoms with van der Waals surface area (Å²) in [5.41, 5.74) is 3.25. The lowest BCUT2D eigenvalue weighted by Gasteiger charge is -2.12. The molecule has 0 N–H and O–H groups in total. The predicted octanol–water partition coefficient (Wildman–Crippen LogP) is 5.26. The first-order valence-electron chi connectivity index (χ1n) is 8.22. The summed E-state index contributed by atoms with van der Waals surface area (Å²) in [4.78, 5) is 12.2. The number of ketones is 1. The number of fused-ring (bicyclic) bond motifs is 1. The third kappa shape index (κ3) is 3.73. The minimum Gasteiger partial charge on any atom is -0.285 e. The number of benzene rings is 3. The standard InChI is InChI=1S/C23H20O/c1-17-7-5-8-19(15-17)13-14-21(24)16-18(2)22-12-6-10-20-9-3-4-11-23(20)22/h3-12,15,18H,16H2,1-2H3. The monoisotopic (exact) mass is 312 g/mol. The first-order chi connectivity index (χ1) is 11.6. The van der Waals surface area contributed by atoms with Gasteiger partial charge in [0.15, 0.2) is 0 Å². The lowest BCUT2D eigenvalue weighted by molar-refractivity contribution is -0.114. The van der Waals surface area contributed by atoms with Crippen LogP contribution in [-0.2, 0) is 4.79 Å². The largest absolute Gasteiger partial charge is 0.285 e. The maximum absolute atomic E-state index is 12.2. The zero-order valence-corrected chi connectivity index (χ0v) is 14.0. The topological polar surface area (TPSA) is 17.1 Å². The van der Waals surface area contributed by atoms with Gasteiger partial charge in [-0.15, -0.1) is 0 Å². The van der Waals surface area contributed by atoms with Crippen molar-refractivity contribution in [2.75, 3.05) is 0 Å². The fourth-order valence-corrected chi connectivity index (χ4v) is 2.98. The van der Waals surface area contributed by atoms with E-state index in [1.54, 1.807) is 0 Å². The molecule has 0 aromatic heterocycles. The van der Waals surface area contributed by atoms with Gasteiger partial charge in [0.25, 0.3) is 0 Å². The number of aryl methyl sites for hydroxylation is 1. The van der Waals surface area contributed by atoms with Gasteiger partial charge < -0.3 is 0 Å². The van der Waals surface area contributed by atoms with Crippen molar-refractivity contribution in [1.82, 2.24) is 0 Å². The Bertz CT molecular complexity index is 935. The summed E-state index contributed by atoms with van der Waals surface area (Å²) in [6.07, 6.45) is 0.437. The molecular weight excluding hydrogens is 292 g/mol. The van der Waals surface area contributed by atoms with Crippen molar-refractivity contribution in [3.63, 3.8) is 0 Å². The fraction of sp³-hybridized carbons (Fsp3) is 0.174. The Morgan fingerprint density at radius 2 is 1.75 bits per heavy atom. The maximum Gasteiger partial charge on any atom is 0.206 e. The number of rotatable bonds is 3. The molecule has 3 rings (SSSR count). The molecule has 1 nitrogen and oxygen atoms in total. The highest BCUT2D eigenvalue weighted by molar-refractivity contribution is 5.97. The second kappa shape index (κ2) is 7.15. The SMILES string of the molecule is Cc1cccc(C#CC(=O)CC(C)c2cccc3ccccc23)c1. The zero-order chi connectivity index (χ0) is 16.9. The summed E-state index contributed by atoms with van der Waals surface area (Å²) in [5.74, 6) is 5.90. The van der Waals surface area contributed by atoms with Crippen LogP contribution < -0.4 is 0 Å². The van der Waals surface area contributed by atoms with Crippen molar-refractivity contribution in [3.05, 3.63) is 83.4 Å². The maximum atomic E-state index is 12.2. The van der Waals surface area contributed by atoms with E-state index in [4.69, 9.17) is 0 Å². The third-order valence-corrected chi connectivity index (χ3v) is 4.21. The van der Waals surface area contributed by atoms with Gasteiger partial charge in [0, 0.05) is 12.0 Å². The van der Waals surface area contributed by atoms with Crippen LogP contribution >= 0.6 is 0 Å². The Morgan fingerprint density at radius 1 is 1.00 bits per heavy atom. The van der Waals surface area contributed by atoms with Crippen LogP contribution in [0.5, 0.6) is 0 Å². The van der Waals surface area contributed by atoms with Gasteiger partial charge in [0.05, 0.1) is 0 Å². The highest BCUT2D eigenvalue weighted by atomic mass is 16.1. The molecule has 0 fully saturated rings. The number of hydrogen-bond donors (Lipinski definition) is 0. The molecule has 0 aliphatic carbocycles. The molecule has 0 aliphatic heterocycles. The van der Waals surface area contributed by atoms with Gasteiger partial charge in [0.2, 0.25) is 5.78 Å². The molecule has 1 atom stereocenters. The molecule has 3 aromatic rings. The number of hydrogen-bond acceptors (Lipinski definition) is 1. The minimum atomic E-state index is -0.0167. The van der Waals surface area contributed by atoms with E-state index >= 15 is 0 Å². The van der Waals surface area contributed by atoms with Crippen molar-refractivity contribution >= 4 is 16.6 Å².